The van der Waals surface area contributed by atoms with Crippen LogP contribution in [0.4, 0.5) is 0 Å². The average Bonchev–Trinajstić information content (AvgIpc) is 2.04. The summed E-state index contributed by atoms with van der Waals surface area (Å²) < 4.78 is 0. The molecular formula is C8H16BrNO. The summed E-state index contributed by atoms with van der Waals surface area (Å²) >= 11 is 3.38. The lowest BCUT2D eigenvalue weighted by Gasteiger charge is -2.26. The zero-order chi connectivity index (χ0) is 8.91. The van der Waals surface area contributed by atoms with E-state index in [0.29, 0.717) is 6.42 Å². The van der Waals surface area contributed by atoms with Crippen molar-refractivity contribution in [1.29, 1.82) is 0 Å². The van der Waals surface area contributed by atoms with Crippen LogP contribution in [0.1, 0.15) is 33.6 Å². The first-order valence-electron chi connectivity index (χ1n) is 3.95. The summed E-state index contributed by atoms with van der Waals surface area (Å²) in [7, 11) is 0. The van der Waals surface area contributed by atoms with E-state index in [1.165, 1.54) is 0 Å². The van der Waals surface area contributed by atoms with Gasteiger partial charge in [0.1, 0.15) is 0 Å². The number of hydrogen-bond donors (Lipinski definition) is 1. The summed E-state index contributed by atoms with van der Waals surface area (Å²) in [4.78, 5) is 11.0. The van der Waals surface area contributed by atoms with Crippen LogP contribution in [-0.2, 0) is 4.79 Å². The maximum absolute atomic E-state index is 11.0. The minimum atomic E-state index is -0.0763. The van der Waals surface area contributed by atoms with E-state index in [9.17, 15) is 4.79 Å². The molecule has 1 N–H and O–H groups in total. The van der Waals surface area contributed by atoms with Gasteiger partial charge in [-0.1, -0.05) is 29.8 Å². The molecule has 0 aliphatic rings. The van der Waals surface area contributed by atoms with Crippen LogP contribution in [0, 0.1) is 0 Å². The average molecular weight is 222 g/mol. The summed E-state index contributed by atoms with van der Waals surface area (Å²) in [5, 5.41) is 3.76. The third-order valence-corrected chi connectivity index (χ3v) is 3.08. The van der Waals surface area contributed by atoms with Crippen molar-refractivity contribution in [3.8, 4) is 0 Å². The van der Waals surface area contributed by atoms with E-state index in [0.717, 1.165) is 11.8 Å². The van der Waals surface area contributed by atoms with Gasteiger partial charge in [-0.25, -0.2) is 0 Å². The lowest BCUT2D eigenvalue weighted by molar-refractivity contribution is -0.122. The van der Waals surface area contributed by atoms with E-state index >= 15 is 0 Å². The highest BCUT2D eigenvalue weighted by molar-refractivity contribution is 9.09. The molecule has 0 bridgehead atoms. The quantitative estimate of drug-likeness (QED) is 0.725. The van der Waals surface area contributed by atoms with E-state index in [-0.39, 0.29) is 11.4 Å². The van der Waals surface area contributed by atoms with E-state index in [1.807, 2.05) is 13.8 Å². The van der Waals surface area contributed by atoms with Gasteiger partial charge < -0.3 is 5.32 Å². The van der Waals surface area contributed by atoms with Crippen molar-refractivity contribution < 1.29 is 4.79 Å². The fourth-order valence-corrected chi connectivity index (χ4v) is 1.18. The van der Waals surface area contributed by atoms with Crippen molar-refractivity contribution >= 4 is 21.8 Å². The monoisotopic (exact) mass is 221 g/mol. The molecule has 2 nitrogen and oxygen atoms in total. The molecule has 0 aliphatic carbocycles. The van der Waals surface area contributed by atoms with Crippen molar-refractivity contribution in [3.05, 3.63) is 0 Å². The molecule has 11 heavy (non-hydrogen) atoms. The van der Waals surface area contributed by atoms with Crippen LogP contribution in [0.15, 0.2) is 0 Å². The Bertz CT molecular complexity index is 132. The number of alkyl halides is 1. The van der Waals surface area contributed by atoms with Crippen molar-refractivity contribution in [1.82, 2.24) is 5.32 Å². The van der Waals surface area contributed by atoms with Crippen LogP contribution in [0.25, 0.3) is 0 Å². The highest BCUT2D eigenvalue weighted by Gasteiger charge is 2.21. The number of amides is 1. The first-order chi connectivity index (χ1) is 5.08. The van der Waals surface area contributed by atoms with Gasteiger partial charge >= 0.3 is 0 Å². The van der Waals surface area contributed by atoms with Gasteiger partial charge in [0.25, 0.3) is 0 Å². The maximum atomic E-state index is 11.0. The fourth-order valence-electron chi connectivity index (χ4n) is 0.641. The Morgan fingerprint density at radius 2 is 2.09 bits per heavy atom. The van der Waals surface area contributed by atoms with Gasteiger partial charge in [-0.15, -0.1) is 0 Å². The molecule has 0 heterocycles. The molecule has 1 amide bonds. The van der Waals surface area contributed by atoms with Gasteiger partial charge in [0, 0.05) is 17.3 Å². The molecule has 0 aliphatic heterocycles. The second kappa shape index (κ2) is 4.75. The molecule has 0 fully saturated rings. The highest BCUT2D eigenvalue weighted by Crippen LogP contribution is 2.12. The fraction of sp³-hybridized carbons (Fsp3) is 0.875. The summed E-state index contributed by atoms with van der Waals surface area (Å²) in [6, 6.07) is 0. The van der Waals surface area contributed by atoms with Crippen LogP contribution < -0.4 is 5.32 Å². The van der Waals surface area contributed by atoms with E-state index < -0.39 is 0 Å². The van der Waals surface area contributed by atoms with Crippen molar-refractivity contribution in [2.75, 3.05) is 5.33 Å². The lowest BCUT2D eigenvalue weighted by Crippen LogP contribution is -2.46. The van der Waals surface area contributed by atoms with Crippen molar-refractivity contribution in [2.45, 2.75) is 39.2 Å². The molecule has 0 radical (unpaired) electrons. The van der Waals surface area contributed by atoms with E-state index in [2.05, 4.69) is 28.2 Å². The summed E-state index contributed by atoms with van der Waals surface area (Å²) in [6.45, 7) is 5.96. The predicted octanol–water partition coefficient (Wildman–Crippen LogP) is 2.08. The molecule has 0 spiro atoms. The molecule has 0 rings (SSSR count). The van der Waals surface area contributed by atoms with Crippen LogP contribution in [0.5, 0.6) is 0 Å². The molecule has 1 unspecified atom stereocenters. The lowest BCUT2D eigenvalue weighted by atomic mass is 10.0. The van der Waals surface area contributed by atoms with Crippen molar-refractivity contribution in [3.63, 3.8) is 0 Å². The molecule has 1 atom stereocenters. The number of hydrogen-bond acceptors (Lipinski definition) is 1. The first-order valence-corrected chi connectivity index (χ1v) is 5.07. The van der Waals surface area contributed by atoms with Gasteiger partial charge in [0.15, 0.2) is 0 Å². The topological polar surface area (TPSA) is 29.1 Å². The molecule has 0 saturated heterocycles. The Labute approximate surface area is 76.9 Å². The van der Waals surface area contributed by atoms with Gasteiger partial charge in [-0.3, -0.25) is 4.79 Å². The second-order valence-corrected chi connectivity index (χ2v) is 3.51. The van der Waals surface area contributed by atoms with Gasteiger partial charge in [-0.2, -0.15) is 0 Å². The molecule has 0 aromatic carbocycles. The van der Waals surface area contributed by atoms with Gasteiger partial charge in [-0.05, 0) is 13.3 Å². The number of nitrogens with one attached hydrogen (secondary N) is 1. The zero-order valence-corrected chi connectivity index (χ0v) is 8.99. The van der Waals surface area contributed by atoms with Gasteiger partial charge in [0.2, 0.25) is 5.91 Å². The Morgan fingerprint density at radius 3 is 2.36 bits per heavy atom. The standard InChI is InChI=1S/C8H16BrNO/c1-4-7(11)10-8(3,5-2)6-9/h4-6H2,1-3H3,(H,10,11). The third kappa shape index (κ3) is 3.75. The molecule has 3 heteroatoms. The summed E-state index contributed by atoms with van der Waals surface area (Å²) in [5.41, 5.74) is -0.0763. The molecule has 0 saturated carbocycles. The molecule has 0 aromatic rings. The predicted molar refractivity (Wildman–Crippen MR) is 50.9 cm³/mol. The number of rotatable bonds is 4. The molecule has 0 aromatic heterocycles. The zero-order valence-electron chi connectivity index (χ0n) is 7.41. The highest BCUT2D eigenvalue weighted by atomic mass is 79.9. The molecule has 66 valence electrons. The minimum Gasteiger partial charge on any atom is -0.350 e. The van der Waals surface area contributed by atoms with Crippen molar-refractivity contribution in [2.24, 2.45) is 0 Å². The third-order valence-electron chi connectivity index (χ3n) is 1.84. The Balaban J connectivity index is 3.96. The van der Waals surface area contributed by atoms with Crippen LogP contribution in [0.2, 0.25) is 0 Å². The Kier molecular flexibility index (Phi) is 4.73. The molecular weight excluding hydrogens is 206 g/mol. The number of carbonyl (C=O) groups excluding carboxylic acids is 1. The van der Waals surface area contributed by atoms with Gasteiger partial charge in [0.05, 0.1) is 0 Å². The van der Waals surface area contributed by atoms with Crippen LogP contribution in [-0.4, -0.2) is 16.8 Å². The first kappa shape index (κ1) is 11.0. The Hall–Kier alpha value is -0.0500. The SMILES string of the molecule is CCC(=O)NC(C)(CC)CBr. The largest absolute Gasteiger partial charge is 0.350 e. The summed E-state index contributed by atoms with van der Waals surface area (Å²) in [6.07, 6.45) is 1.51. The van der Waals surface area contributed by atoms with E-state index in [4.69, 9.17) is 0 Å². The van der Waals surface area contributed by atoms with Crippen LogP contribution in [0.3, 0.4) is 0 Å². The number of halogens is 1. The normalized spacial score (nSPS) is 15.6. The maximum Gasteiger partial charge on any atom is 0.220 e. The van der Waals surface area contributed by atoms with E-state index in [1.54, 1.807) is 0 Å². The summed E-state index contributed by atoms with van der Waals surface area (Å²) in [5.74, 6) is 0.119. The second-order valence-electron chi connectivity index (χ2n) is 2.95. The minimum absolute atomic E-state index is 0.0763. The van der Waals surface area contributed by atoms with Crippen LogP contribution >= 0.6 is 15.9 Å². The smallest absolute Gasteiger partial charge is 0.220 e. The number of carbonyl (C=O) groups is 1. The Morgan fingerprint density at radius 1 is 1.55 bits per heavy atom.